The van der Waals surface area contributed by atoms with Gasteiger partial charge in [-0.05, 0) is 17.2 Å². The molecule has 1 N–H and O–H groups in total. The van der Waals surface area contributed by atoms with Gasteiger partial charge >= 0.3 is 0 Å². The zero-order chi connectivity index (χ0) is 19.5. The molecule has 0 heterocycles. The molecule has 0 unspecified atom stereocenters. The molecule has 0 spiro atoms. The highest BCUT2D eigenvalue weighted by atomic mass is 32.2. The summed E-state index contributed by atoms with van der Waals surface area (Å²) < 4.78 is 25.5. The Morgan fingerprint density at radius 1 is 1.07 bits per heavy atom. The minimum absolute atomic E-state index is 0.204. The van der Waals surface area contributed by atoms with Crippen LogP contribution in [0, 0.1) is 0 Å². The Kier molecular flexibility index (Phi) is 8.57. The summed E-state index contributed by atoms with van der Waals surface area (Å²) in [6, 6.07) is 19.3. The highest BCUT2D eigenvalue weighted by Crippen LogP contribution is 2.10. The summed E-state index contributed by atoms with van der Waals surface area (Å²) in [5.41, 5.74) is 2.03. The van der Waals surface area contributed by atoms with Crippen LogP contribution in [0.5, 0.6) is 0 Å². The van der Waals surface area contributed by atoms with Gasteiger partial charge in [-0.2, -0.15) is 16.1 Å². The van der Waals surface area contributed by atoms with Crippen LogP contribution < -0.4 is 5.32 Å². The molecule has 0 bridgehead atoms. The minimum atomic E-state index is -3.64. The van der Waals surface area contributed by atoms with Gasteiger partial charge in [-0.25, -0.2) is 8.42 Å². The smallest absolute Gasteiger partial charge is 0.236 e. The van der Waals surface area contributed by atoms with Crippen LogP contribution in [-0.4, -0.2) is 44.5 Å². The van der Waals surface area contributed by atoms with Crippen molar-refractivity contribution in [3.05, 3.63) is 77.2 Å². The molecule has 27 heavy (non-hydrogen) atoms. The van der Waals surface area contributed by atoms with Crippen LogP contribution in [0.3, 0.4) is 0 Å². The molecule has 7 heteroatoms. The first kappa shape index (κ1) is 21.2. The van der Waals surface area contributed by atoms with Crippen molar-refractivity contribution >= 4 is 33.8 Å². The molecular formula is C20H24N2O3S2. The average Bonchev–Trinajstić information content (AvgIpc) is 2.68. The lowest BCUT2D eigenvalue weighted by atomic mass is 10.2. The van der Waals surface area contributed by atoms with Crippen molar-refractivity contribution in [3.8, 4) is 0 Å². The van der Waals surface area contributed by atoms with E-state index >= 15 is 0 Å². The molecule has 0 atom stereocenters. The number of sulfonamides is 1. The Morgan fingerprint density at radius 2 is 1.70 bits per heavy atom. The number of hydrogen-bond acceptors (Lipinski definition) is 4. The van der Waals surface area contributed by atoms with Crippen LogP contribution in [0.25, 0.3) is 6.08 Å². The van der Waals surface area contributed by atoms with Crippen LogP contribution >= 0.6 is 11.8 Å². The normalized spacial score (nSPS) is 11.8. The van der Waals surface area contributed by atoms with E-state index in [2.05, 4.69) is 17.4 Å². The van der Waals surface area contributed by atoms with Gasteiger partial charge in [-0.1, -0.05) is 60.7 Å². The lowest BCUT2D eigenvalue weighted by Gasteiger charge is -2.14. The number of amides is 1. The van der Waals surface area contributed by atoms with E-state index in [9.17, 15) is 13.2 Å². The van der Waals surface area contributed by atoms with Crippen molar-refractivity contribution in [1.29, 1.82) is 0 Å². The van der Waals surface area contributed by atoms with Crippen molar-refractivity contribution in [2.75, 3.05) is 25.9 Å². The van der Waals surface area contributed by atoms with Crippen LogP contribution in [0.1, 0.15) is 11.1 Å². The van der Waals surface area contributed by atoms with Gasteiger partial charge in [0.25, 0.3) is 0 Å². The third-order valence-corrected chi connectivity index (χ3v) is 6.22. The van der Waals surface area contributed by atoms with Crippen LogP contribution in [-0.2, 0) is 20.6 Å². The van der Waals surface area contributed by atoms with Gasteiger partial charge in [0.1, 0.15) is 0 Å². The van der Waals surface area contributed by atoms with Crippen molar-refractivity contribution in [2.45, 2.75) is 5.75 Å². The predicted octanol–water partition coefficient (Wildman–Crippen LogP) is 2.97. The van der Waals surface area contributed by atoms with Gasteiger partial charge in [0.05, 0.1) is 6.54 Å². The number of rotatable bonds is 10. The molecule has 5 nitrogen and oxygen atoms in total. The lowest BCUT2D eigenvalue weighted by molar-refractivity contribution is -0.120. The molecule has 2 aromatic rings. The van der Waals surface area contributed by atoms with Crippen LogP contribution in [0.15, 0.2) is 66.1 Å². The lowest BCUT2D eigenvalue weighted by Crippen LogP contribution is -2.38. The SMILES string of the molecule is CN(CC(=O)NCCSCc1ccccc1)S(=O)(=O)/C=C/c1ccccc1. The molecule has 0 saturated carbocycles. The summed E-state index contributed by atoms with van der Waals surface area (Å²) in [6.45, 7) is 0.300. The van der Waals surface area contributed by atoms with Crippen molar-refractivity contribution < 1.29 is 13.2 Å². The molecule has 0 saturated heterocycles. The van der Waals surface area contributed by atoms with E-state index in [1.165, 1.54) is 18.7 Å². The fraction of sp³-hybridized carbons (Fsp3) is 0.250. The number of nitrogens with one attached hydrogen (secondary N) is 1. The highest BCUT2D eigenvalue weighted by molar-refractivity contribution is 7.98. The minimum Gasteiger partial charge on any atom is -0.354 e. The summed E-state index contributed by atoms with van der Waals surface area (Å²) >= 11 is 1.72. The van der Waals surface area contributed by atoms with E-state index in [0.717, 1.165) is 26.8 Å². The van der Waals surface area contributed by atoms with Crippen molar-refractivity contribution in [1.82, 2.24) is 9.62 Å². The molecule has 2 rings (SSSR count). The second-order valence-electron chi connectivity index (χ2n) is 5.90. The van der Waals surface area contributed by atoms with E-state index < -0.39 is 10.0 Å². The van der Waals surface area contributed by atoms with E-state index in [4.69, 9.17) is 0 Å². The Balaban J connectivity index is 1.70. The molecule has 2 aromatic carbocycles. The monoisotopic (exact) mass is 404 g/mol. The molecule has 0 aliphatic heterocycles. The maximum atomic E-state index is 12.2. The van der Waals surface area contributed by atoms with Gasteiger partial charge in [0, 0.05) is 30.5 Å². The molecule has 0 aliphatic rings. The Bertz CT molecular complexity index is 838. The second-order valence-corrected chi connectivity index (χ2v) is 8.93. The average molecular weight is 405 g/mol. The zero-order valence-electron chi connectivity index (χ0n) is 15.2. The number of carbonyl (C=O) groups is 1. The summed E-state index contributed by atoms with van der Waals surface area (Å²) in [7, 11) is -2.24. The number of carbonyl (C=O) groups excluding carboxylic acids is 1. The van der Waals surface area contributed by atoms with E-state index in [0.29, 0.717) is 6.54 Å². The van der Waals surface area contributed by atoms with Gasteiger partial charge in [0.2, 0.25) is 15.9 Å². The molecular weight excluding hydrogens is 380 g/mol. The zero-order valence-corrected chi connectivity index (χ0v) is 16.9. The topological polar surface area (TPSA) is 66.5 Å². The van der Waals surface area contributed by atoms with Gasteiger partial charge in [0.15, 0.2) is 0 Å². The quantitative estimate of drug-likeness (QED) is 0.618. The molecule has 144 valence electrons. The molecule has 0 aliphatic carbocycles. The first-order chi connectivity index (χ1) is 13.0. The molecule has 0 radical (unpaired) electrons. The summed E-state index contributed by atoms with van der Waals surface area (Å²) in [6.07, 6.45) is 1.52. The Labute approximate surface area is 165 Å². The molecule has 0 fully saturated rings. The maximum absolute atomic E-state index is 12.2. The largest absolute Gasteiger partial charge is 0.354 e. The standard InChI is InChI=1S/C20H24N2O3S2/c1-22(27(24,25)15-12-18-8-4-2-5-9-18)16-20(23)21-13-14-26-17-19-10-6-3-7-11-19/h2-12,15H,13-14,16-17H2,1H3,(H,21,23)/b15-12+. The summed E-state index contributed by atoms with van der Waals surface area (Å²) in [4.78, 5) is 12.0. The van der Waals surface area contributed by atoms with E-state index in [1.54, 1.807) is 11.8 Å². The summed E-state index contributed by atoms with van der Waals surface area (Å²) in [5.74, 6) is 1.34. The maximum Gasteiger partial charge on any atom is 0.236 e. The molecule has 0 aromatic heterocycles. The van der Waals surface area contributed by atoms with Crippen molar-refractivity contribution in [2.24, 2.45) is 0 Å². The highest BCUT2D eigenvalue weighted by Gasteiger charge is 2.17. The first-order valence-electron chi connectivity index (χ1n) is 8.55. The number of benzene rings is 2. The van der Waals surface area contributed by atoms with Crippen LogP contribution in [0.2, 0.25) is 0 Å². The summed E-state index contributed by atoms with van der Waals surface area (Å²) in [5, 5.41) is 3.87. The Morgan fingerprint density at radius 3 is 2.37 bits per heavy atom. The third-order valence-electron chi connectivity index (χ3n) is 3.71. The number of likely N-dealkylation sites (N-methyl/N-ethyl adjacent to an activating group) is 1. The van der Waals surface area contributed by atoms with Gasteiger partial charge in [-0.3, -0.25) is 4.79 Å². The van der Waals surface area contributed by atoms with Gasteiger partial charge in [-0.15, -0.1) is 0 Å². The van der Waals surface area contributed by atoms with Crippen molar-refractivity contribution in [3.63, 3.8) is 0 Å². The van der Waals surface area contributed by atoms with E-state index in [1.807, 2.05) is 48.5 Å². The fourth-order valence-corrected chi connectivity index (χ4v) is 3.86. The number of thioether (sulfide) groups is 1. The van der Waals surface area contributed by atoms with Gasteiger partial charge < -0.3 is 5.32 Å². The van der Waals surface area contributed by atoms with Crippen LogP contribution in [0.4, 0.5) is 0 Å². The molecule has 1 amide bonds. The fourth-order valence-electron chi connectivity index (χ4n) is 2.21. The first-order valence-corrected chi connectivity index (χ1v) is 11.2. The number of hydrogen-bond donors (Lipinski definition) is 1. The Hall–Kier alpha value is -2.09. The third kappa shape index (κ3) is 7.99. The predicted molar refractivity (Wildman–Crippen MR) is 113 cm³/mol. The van der Waals surface area contributed by atoms with E-state index in [-0.39, 0.29) is 12.5 Å². The number of nitrogens with zero attached hydrogens (tertiary/aromatic N) is 1. The second kappa shape index (κ2) is 10.9.